The van der Waals surface area contributed by atoms with E-state index in [4.69, 9.17) is 4.74 Å². The molecule has 2 aromatic rings. The van der Waals surface area contributed by atoms with E-state index in [2.05, 4.69) is 16.0 Å². The molecular formula is C24H29F3N4O3. The topological polar surface area (TPSA) is 84.4 Å². The summed E-state index contributed by atoms with van der Waals surface area (Å²) >= 11 is 0. The SMILES string of the molecule is Cc1c(C(C)NC(=O)c2cn(C3CCOCC3)c(=O)cc2NC2CNC2)cccc1C(F)(F)F. The number of hydrogen-bond acceptors (Lipinski definition) is 5. The molecule has 2 aliphatic rings. The second kappa shape index (κ2) is 9.79. The van der Waals surface area contributed by atoms with Crippen LogP contribution in [-0.4, -0.2) is 42.8 Å². The van der Waals surface area contributed by atoms with E-state index in [0.29, 0.717) is 50.4 Å². The fraction of sp³-hybridized carbons (Fsp3) is 0.500. The lowest BCUT2D eigenvalue weighted by molar-refractivity contribution is -0.138. The molecule has 1 atom stereocenters. The van der Waals surface area contributed by atoms with Gasteiger partial charge in [-0.3, -0.25) is 9.59 Å². The first-order chi connectivity index (χ1) is 16.1. The normalized spacial score (nSPS) is 18.3. The van der Waals surface area contributed by atoms with Crippen LogP contribution in [0.2, 0.25) is 0 Å². The van der Waals surface area contributed by atoms with Crippen LogP contribution in [0.25, 0.3) is 0 Å². The molecule has 0 saturated carbocycles. The highest BCUT2D eigenvalue weighted by atomic mass is 19.4. The zero-order valence-electron chi connectivity index (χ0n) is 19.2. The molecule has 7 nitrogen and oxygen atoms in total. The van der Waals surface area contributed by atoms with Crippen molar-refractivity contribution in [2.75, 3.05) is 31.6 Å². The van der Waals surface area contributed by atoms with E-state index in [1.165, 1.54) is 19.1 Å². The lowest BCUT2D eigenvalue weighted by Crippen LogP contribution is -2.52. The Morgan fingerprint density at radius 1 is 1.24 bits per heavy atom. The summed E-state index contributed by atoms with van der Waals surface area (Å²) in [5, 5.41) is 9.20. The van der Waals surface area contributed by atoms with Crippen LogP contribution in [0.5, 0.6) is 0 Å². The molecule has 0 aliphatic carbocycles. The number of hydrogen-bond donors (Lipinski definition) is 3. The smallest absolute Gasteiger partial charge is 0.381 e. The molecule has 3 heterocycles. The van der Waals surface area contributed by atoms with Gasteiger partial charge in [0, 0.05) is 44.6 Å². The van der Waals surface area contributed by atoms with Crippen LogP contribution in [0.15, 0.2) is 35.3 Å². The largest absolute Gasteiger partial charge is 0.416 e. The van der Waals surface area contributed by atoms with Crippen LogP contribution in [-0.2, 0) is 10.9 Å². The lowest BCUT2D eigenvalue weighted by Gasteiger charge is -2.31. The van der Waals surface area contributed by atoms with Crippen molar-refractivity contribution in [3.63, 3.8) is 0 Å². The molecule has 184 valence electrons. The van der Waals surface area contributed by atoms with E-state index in [-0.39, 0.29) is 28.8 Å². The number of nitrogens with one attached hydrogen (secondary N) is 3. The Morgan fingerprint density at radius 3 is 2.56 bits per heavy atom. The number of carbonyl (C=O) groups is 1. The highest BCUT2D eigenvalue weighted by Crippen LogP contribution is 2.34. The second-order valence-corrected chi connectivity index (χ2v) is 8.90. The van der Waals surface area contributed by atoms with Crippen molar-refractivity contribution in [1.82, 2.24) is 15.2 Å². The highest BCUT2D eigenvalue weighted by molar-refractivity contribution is 5.99. The van der Waals surface area contributed by atoms with Crippen molar-refractivity contribution in [3.05, 3.63) is 63.1 Å². The molecule has 2 fully saturated rings. The van der Waals surface area contributed by atoms with Gasteiger partial charge in [0.25, 0.3) is 11.5 Å². The minimum Gasteiger partial charge on any atom is -0.381 e. The van der Waals surface area contributed by atoms with Gasteiger partial charge in [-0.15, -0.1) is 0 Å². The minimum absolute atomic E-state index is 0.0737. The Morgan fingerprint density at radius 2 is 1.94 bits per heavy atom. The zero-order chi connectivity index (χ0) is 24.5. The fourth-order valence-electron chi connectivity index (χ4n) is 4.49. The Balaban J connectivity index is 1.64. The molecule has 1 amide bonds. The van der Waals surface area contributed by atoms with Gasteiger partial charge in [0.1, 0.15) is 0 Å². The minimum atomic E-state index is -4.48. The predicted octanol–water partition coefficient (Wildman–Crippen LogP) is 3.40. The van der Waals surface area contributed by atoms with Gasteiger partial charge in [-0.05, 0) is 43.9 Å². The monoisotopic (exact) mass is 478 g/mol. The second-order valence-electron chi connectivity index (χ2n) is 8.90. The summed E-state index contributed by atoms with van der Waals surface area (Å²) < 4.78 is 47.0. The first-order valence-electron chi connectivity index (χ1n) is 11.4. The fourth-order valence-corrected chi connectivity index (χ4v) is 4.49. The van der Waals surface area contributed by atoms with Gasteiger partial charge >= 0.3 is 6.18 Å². The van der Waals surface area contributed by atoms with Crippen LogP contribution < -0.4 is 21.5 Å². The molecule has 3 N–H and O–H groups in total. The summed E-state index contributed by atoms with van der Waals surface area (Å²) in [6.45, 7) is 5.56. The summed E-state index contributed by atoms with van der Waals surface area (Å²) in [5.41, 5.74) is 0.242. The third-order valence-electron chi connectivity index (χ3n) is 6.55. The Bertz CT molecular complexity index is 1110. The number of aromatic nitrogens is 1. The number of benzene rings is 1. The van der Waals surface area contributed by atoms with Crippen LogP contribution in [0.4, 0.5) is 18.9 Å². The molecule has 4 rings (SSSR count). The first-order valence-corrected chi connectivity index (χ1v) is 11.4. The third kappa shape index (κ3) is 5.12. The maximum absolute atomic E-state index is 13.4. The maximum atomic E-state index is 13.4. The number of rotatable bonds is 6. The van der Waals surface area contributed by atoms with Gasteiger partial charge < -0.3 is 25.3 Å². The van der Waals surface area contributed by atoms with Crippen LogP contribution in [0, 0.1) is 6.92 Å². The number of nitrogens with zero attached hydrogens (tertiary/aromatic N) is 1. The summed E-state index contributed by atoms with van der Waals surface area (Å²) in [6, 6.07) is 4.74. The number of amides is 1. The molecule has 0 radical (unpaired) electrons. The van der Waals surface area contributed by atoms with Gasteiger partial charge in [0.05, 0.1) is 28.9 Å². The number of anilines is 1. The predicted molar refractivity (Wildman–Crippen MR) is 122 cm³/mol. The van der Waals surface area contributed by atoms with E-state index >= 15 is 0 Å². The maximum Gasteiger partial charge on any atom is 0.416 e. The lowest BCUT2D eigenvalue weighted by atomic mass is 9.97. The van der Waals surface area contributed by atoms with E-state index in [1.54, 1.807) is 23.8 Å². The summed E-state index contributed by atoms with van der Waals surface area (Å²) in [7, 11) is 0. The standard InChI is InChI=1S/C24H29F3N4O3/c1-14-18(4-3-5-20(14)24(25,26)27)15(2)29-23(33)19-13-31(17-6-8-34-9-7-17)22(32)10-21(19)30-16-11-28-12-16/h3-5,10,13,15-17,28,30H,6-9,11-12H2,1-2H3,(H,29,33). The Labute approximate surface area is 195 Å². The van der Waals surface area contributed by atoms with E-state index in [0.717, 1.165) is 6.07 Å². The van der Waals surface area contributed by atoms with Gasteiger partial charge in [-0.25, -0.2) is 0 Å². The van der Waals surface area contributed by atoms with Crippen molar-refractivity contribution in [2.24, 2.45) is 0 Å². The first kappa shape index (κ1) is 24.3. The van der Waals surface area contributed by atoms with Crippen molar-refractivity contribution in [3.8, 4) is 0 Å². The molecule has 34 heavy (non-hydrogen) atoms. The molecule has 0 bridgehead atoms. The number of alkyl halides is 3. The van der Waals surface area contributed by atoms with E-state index < -0.39 is 23.7 Å². The van der Waals surface area contributed by atoms with Gasteiger partial charge in [-0.2, -0.15) is 13.2 Å². The Kier molecular flexibility index (Phi) is 6.99. The van der Waals surface area contributed by atoms with Crippen molar-refractivity contribution >= 4 is 11.6 Å². The van der Waals surface area contributed by atoms with Gasteiger partial charge in [0.15, 0.2) is 0 Å². The zero-order valence-corrected chi connectivity index (χ0v) is 19.2. The number of ether oxygens (including phenoxy) is 1. The molecule has 10 heteroatoms. The molecule has 2 saturated heterocycles. The number of pyridine rings is 1. The van der Waals surface area contributed by atoms with Crippen LogP contribution >= 0.6 is 0 Å². The van der Waals surface area contributed by atoms with Crippen molar-refractivity contribution in [1.29, 1.82) is 0 Å². The summed E-state index contributed by atoms with van der Waals surface area (Å²) in [6.07, 6.45) is -1.58. The molecule has 0 spiro atoms. The van der Waals surface area contributed by atoms with Gasteiger partial charge in [-0.1, -0.05) is 12.1 Å². The van der Waals surface area contributed by atoms with Crippen LogP contribution in [0.3, 0.4) is 0 Å². The molecule has 2 aliphatic heterocycles. The van der Waals surface area contributed by atoms with E-state index in [9.17, 15) is 22.8 Å². The average Bonchev–Trinajstić information content (AvgIpc) is 2.76. The molecule has 1 unspecified atom stereocenters. The highest BCUT2D eigenvalue weighted by Gasteiger charge is 2.33. The summed E-state index contributed by atoms with van der Waals surface area (Å²) in [4.78, 5) is 26.2. The van der Waals surface area contributed by atoms with Gasteiger partial charge in [0.2, 0.25) is 0 Å². The number of carbonyl (C=O) groups excluding carboxylic acids is 1. The summed E-state index contributed by atoms with van der Waals surface area (Å²) in [5.74, 6) is -0.458. The Hall–Kier alpha value is -2.85. The number of halogens is 3. The third-order valence-corrected chi connectivity index (χ3v) is 6.55. The van der Waals surface area contributed by atoms with Crippen molar-refractivity contribution < 1.29 is 22.7 Å². The quantitative estimate of drug-likeness (QED) is 0.593. The molecule has 1 aromatic heterocycles. The van der Waals surface area contributed by atoms with Crippen molar-refractivity contribution in [2.45, 2.75) is 51.0 Å². The van der Waals surface area contributed by atoms with E-state index in [1.807, 2.05) is 0 Å². The average molecular weight is 479 g/mol. The molecule has 1 aromatic carbocycles. The molecular weight excluding hydrogens is 449 g/mol. The van der Waals surface area contributed by atoms with Crippen LogP contribution in [0.1, 0.15) is 58.9 Å².